The van der Waals surface area contributed by atoms with E-state index in [9.17, 15) is 0 Å². The quantitative estimate of drug-likeness (QED) is 0.492. The first-order valence-corrected chi connectivity index (χ1v) is 3.06. The van der Waals surface area contributed by atoms with E-state index in [-0.39, 0.29) is 24.9 Å². The maximum atomic E-state index is 8.38. The number of aliphatic hydroxyl groups excluding tert-OH is 2. The van der Waals surface area contributed by atoms with Crippen LogP contribution in [0.5, 0.6) is 0 Å². The molecule has 0 amide bonds. The predicted octanol–water partition coefficient (Wildman–Crippen LogP) is -0.762. The first-order valence-electron chi connectivity index (χ1n) is 1.85. The van der Waals surface area contributed by atoms with Crippen LogP contribution in [0.1, 0.15) is 6.92 Å². The van der Waals surface area contributed by atoms with E-state index in [0.717, 1.165) is 0 Å². The van der Waals surface area contributed by atoms with Crippen LogP contribution in [0.25, 0.3) is 0 Å². The molecule has 7 heavy (non-hydrogen) atoms. The van der Waals surface area contributed by atoms with Crippen LogP contribution in [-0.2, 0) is 21.8 Å². The summed E-state index contributed by atoms with van der Waals surface area (Å²) in [5.41, 5.74) is 0. The molecule has 3 nitrogen and oxygen atoms in total. The van der Waals surface area contributed by atoms with Crippen LogP contribution in [-0.4, -0.2) is 22.9 Å². The van der Waals surface area contributed by atoms with Gasteiger partial charge in [0.1, 0.15) is 0 Å². The Morgan fingerprint density at radius 1 is 1.71 bits per heavy atom. The van der Waals surface area contributed by atoms with E-state index in [1.54, 1.807) is 0 Å². The first kappa shape index (κ1) is 10.3. The molecule has 0 rings (SSSR count). The van der Waals surface area contributed by atoms with E-state index >= 15 is 0 Å². The fourth-order valence-electron chi connectivity index (χ4n) is 0. The van der Waals surface area contributed by atoms with E-state index in [1.165, 1.54) is 6.92 Å². The summed E-state index contributed by atoms with van der Waals surface area (Å²) in [5.74, 6) is 0. The molecule has 0 aromatic rings. The average molecular weight is 157 g/mol. The number of aliphatic hydroxyl groups is 2. The molecule has 0 bridgehead atoms. The van der Waals surface area contributed by atoms with E-state index in [0.29, 0.717) is 0 Å². The second-order valence-electron chi connectivity index (χ2n) is 1.03. The third-order valence-corrected chi connectivity index (χ3v) is 0.264. The molecule has 2 N–H and O–H groups in total. The number of rotatable bonds is 1. The Morgan fingerprint density at radius 3 is 1.86 bits per heavy atom. The summed E-state index contributed by atoms with van der Waals surface area (Å²) in [5, 5.41) is 16.0. The Morgan fingerprint density at radius 2 is 1.86 bits per heavy atom. The van der Waals surface area contributed by atoms with Gasteiger partial charge in [-0.15, -0.1) is 0 Å². The number of hydrogen-bond donors (Lipinski definition) is 2. The number of hydrogen-bond acceptors (Lipinski definition) is 3. The molecule has 0 heterocycles. The van der Waals surface area contributed by atoms with Crippen molar-refractivity contribution in [2.45, 2.75) is 13.0 Å². The van der Waals surface area contributed by atoms with Crippen LogP contribution < -0.4 is 0 Å². The first-order chi connectivity index (χ1) is 3.27. The molecule has 0 saturated heterocycles. The fraction of sp³-hybridized carbons (Fsp3) is 1.00. The third kappa shape index (κ3) is 21.8. The van der Waals surface area contributed by atoms with Crippen molar-refractivity contribution in [3.8, 4) is 0 Å². The van der Waals surface area contributed by atoms with Crippen molar-refractivity contribution in [2.24, 2.45) is 0 Å². The molecule has 0 aromatic carbocycles. The molecule has 0 spiro atoms. The topological polar surface area (TPSA) is 57.5 Å². The van der Waals surface area contributed by atoms with Crippen LogP contribution >= 0.6 is 0 Å². The van der Waals surface area contributed by atoms with Crippen molar-refractivity contribution >= 4 is 0 Å². The Labute approximate surface area is 52.3 Å². The second kappa shape index (κ2) is 9.60. The van der Waals surface area contributed by atoms with Crippen molar-refractivity contribution < 1.29 is 32.0 Å². The van der Waals surface area contributed by atoms with Gasteiger partial charge in [-0.2, -0.15) is 0 Å². The van der Waals surface area contributed by atoms with E-state index in [2.05, 4.69) is 0 Å². The summed E-state index contributed by atoms with van der Waals surface area (Å²) in [6, 6.07) is 0. The zero-order chi connectivity index (χ0) is 6.28. The average Bonchev–Trinajstić information content (AvgIpc) is 1.73. The maximum absolute atomic E-state index is 8.38. The van der Waals surface area contributed by atoms with Crippen molar-refractivity contribution in [3.63, 3.8) is 0 Å². The summed E-state index contributed by atoms with van der Waals surface area (Å²) >= 11 is 0.125. The molecular weight excluding hydrogens is 149 g/mol. The summed E-state index contributed by atoms with van der Waals surface area (Å²) in [4.78, 5) is 0. The van der Waals surface area contributed by atoms with Crippen LogP contribution in [0.4, 0.5) is 0 Å². The Bertz CT molecular complexity index is 31.4. The zero-order valence-corrected chi connectivity index (χ0v) is 7.26. The predicted molar refractivity (Wildman–Crippen MR) is 19.5 cm³/mol. The molecule has 4 heteroatoms. The van der Waals surface area contributed by atoms with Crippen molar-refractivity contribution in [2.75, 3.05) is 6.61 Å². The van der Waals surface area contributed by atoms with Gasteiger partial charge in [-0.25, -0.2) is 0 Å². The van der Waals surface area contributed by atoms with Gasteiger partial charge < -0.3 is 10.2 Å². The van der Waals surface area contributed by atoms with E-state index < -0.39 is 6.10 Å². The SMILES string of the molecule is CC(O)CO.[O]=[Zn]. The molecule has 40 valence electrons. The molecular formula is C3H8O3Zn. The Balaban J connectivity index is 0. The van der Waals surface area contributed by atoms with Gasteiger partial charge in [0.05, 0.1) is 12.7 Å². The molecule has 0 saturated carbocycles. The van der Waals surface area contributed by atoms with Crippen molar-refractivity contribution in [1.29, 1.82) is 0 Å². The van der Waals surface area contributed by atoms with E-state index in [1.807, 2.05) is 0 Å². The monoisotopic (exact) mass is 156 g/mol. The standard InChI is InChI=1S/C3H8O2.O.Zn/c1-3(5)2-4;;/h3-5H,2H2,1H3;;. The Kier molecular flexibility index (Phi) is 14.2. The Hall–Kier alpha value is 0.343. The molecule has 0 radical (unpaired) electrons. The summed E-state index contributed by atoms with van der Waals surface area (Å²) in [6.07, 6.45) is -0.560. The van der Waals surface area contributed by atoms with Crippen molar-refractivity contribution in [3.05, 3.63) is 0 Å². The molecule has 0 fully saturated rings. The van der Waals surface area contributed by atoms with Crippen LogP contribution in [0.15, 0.2) is 0 Å². The normalized spacial score (nSPS) is 11.6. The van der Waals surface area contributed by atoms with Gasteiger partial charge in [-0.05, 0) is 6.92 Å². The van der Waals surface area contributed by atoms with Crippen LogP contribution in [0.2, 0.25) is 0 Å². The third-order valence-electron chi connectivity index (χ3n) is 0.264. The summed E-state index contributed by atoms with van der Waals surface area (Å²) in [6.45, 7) is 1.39. The molecule has 0 aliphatic rings. The fourth-order valence-corrected chi connectivity index (χ4v) is 0. The van der Waals surface area contributed by atoms with Gasteiger partial charge in [-0.1, -0.05) is 0 Å². The van der Waals surface area contributed by atoms with Gasteiger partial charge in [0.2, 0.25) is 0 Å². The molecule has 0 aromatic heterocycles. The molecule has 0 aliphatic carbocycles. The van der Waals surface area contributed by atoms with Gasteiger partial charge in [-0.3, -0.25) is 0 Å². The molecule has 1 unspecified atom stereocenters. The minimum atomic E-state index is -0.560. The zero-order valence-electron chi connectivity index (χ0n) is 4.29. The van der Waals surface area contributed by atoms with Gasteiger partial charge >= 0.3 is 21.8 Å². The van der Waals surface area contributed by atoms with Gasteiger partial charge in [0, 0.05) is 0 Å². The summed E-state index contributed by atoms with van der Waals surface area (Å²) < 4.78 is 8.38. The van der Waals surface area contributed by atoms with E-state index in [4.69, 9.17) is 13.8 Å². The van der Waals surface area contributed by atoms with Gasteiger partial charge in [0.15, 0.2) is 0 Å². The minimum absolute atomic E-state index is 0.125. The van der Waals surface area contributed by atoms with Crippen molar-refractivity contribution in [1.82, 2.24) is 0 Å². The van der Waals surface area contributed by atoms with Crippen LogP contribution in [0.3, 0.4) is 0 Å². The summed E-state index contributed by atoms with van der Waals surface area (Å²) in [7, 11) is 0. The molecule has 0 aliphatic heterocycles. The van der Waals surface area contributed by atoms with Gasteiger partial charge in [0.25, 0.3) is 0 Å². The second-order valence-corrected chi connectivity index (χ2v) is 1.03. The molecule has 1 atom stereocenters. The van der Waals surface area contributed by atoms with Crippen LogP contribution in [0, 0.1) is 0 Å².